The van der Waals surface area contributed by atoms with Crippen LogP contribution in [0.4, 0.5) is 4.39 Å². The molecule has 0 bridgehead atoms. The van der Waals surface area contributed by atoms with Gasteiger partial charge in [-0.3, -0.25) is 4.79 Å². The van der Waals surface area contributed by atoms with Crippen LogP contribution in [0.3, 0.4) is 0 Å². The summed E-state index contributed by atoms with van der Waals surface area (Å²) in [6, 6.07) is 4.17. The number of amides is 1. The number of hydrogen-bond donors (Lipinski definition) is 2. The molecule has 6 nitrogen and oxygen atoms in total. The van der Waals surface area contributed by atoms with Gasteiger partial charge in [-0.05, 0) is 50.9 Å². The molecule has 1 amide bonds. The molecule has 0 spiro atoms. The van der Waals surface area contributed by atoms with E-state index in [0.717, 1.165) is 38.1 Å². The summed E-state index contributed by atoms with van der Waals surface area (Å²) in [4.78, 5) is 14.5. The van der Waals surface area contributed by atoms with Gasteiger partial charge in [0.15, 0.2) is 0 Å². The Morgan fingerprint density at radius 1 is 1.11 bits per heavy atom. The lowest BCUT2D eigenvalue weighted by Crippen LogP contribution is -2.48. The van der Waals surface area contributed by atoms with Crippen LogP contribution in [0, 0.1) is 5.82 Å². The molecule has 0 aromatic heterocycles. The van der Waals surface area contributed by atoms with E-state index in [9.17, 15) is 17.6 Å². The van der Waals surface area contributed by atoms with Crippen molar-refractivity contribution in [1.82, 2.24) is 14.9 Å². The van der Waals surface area contributed by atoms with Crippen molar-refractivity contribution >= 4 is 15.9 Å². The van der Waals surface area contributed by atoms with Crippen LogP contribution in [0.1, 0.15) is 55.3 Å². The Kier molecular flexibility index (Phi) is 6.49. The van der Waals surface area contributed by atoms with E-state index >= 15 is 0 Å². The minimum absolute atomic E-state index is 0.0618. The summed E-state index contributed by atoms with van der Waals surface area (Å²) in [6.45, 7) is 1.94. The van der Waals surface area contributed by atoms with Crippen molar-refractivity contribution in [3.8, 4) is 0 Å². The SMILES string of the molecule is CNS(=O)(=O)c1cc(C(=O)NC2CCN(C3CCCCC3)CC2)ccc1F. The average molecular weight is 398 g/mol. The van der Waals surface area contributed by atoms with Gasteiger partial charge in [-0.15, -0.1) is 0 Å². The predicted molar refractivity (Wildman–Crippen MR) is 102 cm³/mol. The maximum atomic E-state index is 13.8. The van der Waals surface area contributed by atoms with Crippen LogP contribution in [0.2, 0.25) is 0 Å². The summed E-state index contributed by atoms with van der Waals surface area (Å²) >= 11 is 0. The Hall–Kier alpha value is -1.51. The Balaban J connectivity index is 1.59. The van der Waals surface area contributed by atoms with Crippen LogP contribution in [0.5, 0.6) is 0 Å². The third-order valence-corrected chi connectivity index (χ3v) is 7.14. The normalized spacial score (nSPS) is 20.5. The molecule has 1 aromatic rings. The quantitative estimate of drug-likeness (QED) is 0.799. The maximum absolute atomic E-state index is 13.8. The second-order valence-electron chi connectivity index (χ2n) is 7.43. The minimum atomic E-state index is -3.95. The van der Waals surface area contributed by atoms with Crippen molar-refractivity contribution in [3.05, 3.63) is 29.6 Å². The molecular weight excluding hydrogens is 369 g/mol. The van der Waals surface area contributed by atoms with Gasteiger partial charge in [0.25, 0.3) is 5.91 Å². The molecule has 2 aliphatic rings. The molecule has 1 aliphatic heterocycles. The molecule has 150 valence electrons. The van der Waals surface area contributed by atoms with Crippen molar-refractivity contribution in [2.24, 2.45) is 0 Å². The molecular formula is C19H28FN3O3S. The number of benzene rings is 1. The van der Waals surface area contributed by atoms with Crippen LogP contribution in [-0.4, -0.2) is 51.4 Å². The first-order valence-electron chi connectivity index (χ1n) is 9.69. The highest BCUT2D eigenvalue weighted by Gasteiger charge is 2.27. The average Bonchev–Trinajstić information content (AvgIpc) is 2.69. The van der Waals surface area contributed by atoms with Gasteiger partial charge < -0.3 is 10.2 Å². The van der Waals surface area contributed by atoms with E-state index in [0.29, 0.717) is 6.04 Å². The molecule has 1 aliphatic carbocycles. The van der Waals surface area contributed by atoms with Gasteiger partial charge in [0, 0.05) is 30.7 Å². The zero-order valence-corrected chi connectivity index (χ0v) is 16.5. The summed E-state index contributed by atoms with van der Waals surface area (Å²) in [5.74, 6) is -1.24. The lowest BCUT2D eigenvalue weighted by atomic mass is 9.92. The molecule has 1 aromatic carbocycles. The number of likely N-dealkylation sites (tertiary alicyclic amines) is 1. The summed E-state index contributed by atoms with van der Waals surface area (Å²) in [5, 5.41) is 2.97. The Labute approximate surface area is 160 Å². The highest BCUT2D eigenvalue weighted by molar-refractivity contribution is 7.89. The van der Waals surface area contributed by atoms with Crippen molar-refractivity contribution < 1.29 is 17.6 Å². The molecule has 3 rings (SSSR count). The van der Waals surface area contributed by atoms with Crippen LogP contribution in [0.25, 0.3) is 0 Å². The third kappa shape index (κ3) is 4.86. The molecule has 2 N–H and O–H groups in total. The minimum Gasteiger partial charge on any atom is -0.349 e. The predicted octanol–water partition coefficient (Wildman–Crippen LogP) is 2.26. The zero-order valence-electron chi connectivity index (χ0n) is 15.7. The first-order valence-corrected chi connectivity index (χ1v) is 11.2. The van der Waals surface area contributed by atoms with E-state index in [2.05, 4.69) is 14.9 Å². The van der Waals surface area contributed by atoms with Crippen molar-refractivity contribution in [2.75, 3.05) is 20.1 Å². The van der Waals surface area contributed by atoms with Gasteiger partial charge in [-0.1, -0.05) is 19.3 Å². The number of nitrogens with one attached hydrogen (secondary N) is 2. The highest BCUT2D eigenvalue weighted by atomic mass is 32.2. The van der Waals surface area contributed by atoms with E-state index < -0.39 is 20.7 Å². The van der Waals surface area contributed by atoms with Crippen molar-refractivity contribution in [3.63, 3.8) is 0 Å². The summed E-state index contributed by atoms with van der Waals surface area (Å²) in [5.41, 5.74) is 0.153. The maximum Gasteiger partial charge on any atom is 0.251 e. The molecule has 1 saturated heterocycles. The second kappa shape index (κ2) is 8.67. The van der Waals surface area contributed by atoms with E-state index in [1.165, 1.54) is 45.2 Å². The van der Waals surface area contributed by atoms with Crippen molar-refractivity contribution in [1.29, 1.82) is 0 Å². The molecule has 8 heteroatoms. The van der Waals surface area contributed by atoms with Gasteiger partial charge >= 0.3 is 0 Å². The zero-order chi connectivity index (χ0) is 19.4. The number of sulfonamides is 1. The van der Waals surface area contributed by atoms with Crippen LogP contribution in [-0.2, 0) is 10.0 Å². The number of carbonyl (C=O) groups excluding carboxylic acids is 1. The monoisotopic (exact) mass is 397 g/mol. The lowest BCUT2D eigenvalue weighted by Gasteiger charge is -2.39. The van der Waals surface area contributed by atoms with Crippen LogP contribution >= 0.6 is 0 Å². The number of halogens is 1. The summed E-state index contributed by atoms with van der Waals surface area (Å²) in [7, 11) is -2.74. The molecule has 0 unspecified atom stereocenters. The molecule has 0 radical (unpaired) electrons. The van der Waals surface area contributed by atoms with Gasteiger partial charge in [0.1, 0.15) is 10.7 Å². The third-order valence-electron chi connectivity index (χ3n) is 5.71. The molecule has 1 saturated carbocycles. The molecule has 27 heavy (non-hydrogen) atoms. The first-order chi connectivity index (χ1) is 12.9. The number of hydrogen-bond acceptors (Lipinski definition) is 4. The van der Waals surface area contributed by atoms with E-state index in [1.54, 1.807) is 0 Å². The standard InChI is InChI=1S/C19H28FN3O3S/c1-21-27(25,26)18-13-14(7-8-17(18)20)19(24)22-15-9-11-23(12-10-15)16-5-3-2-4-6-16/h7-8,13,15-16,21H,2-6,9-12H2,1H3,(H,22,24). The van der Waals surface area contributed by atoms with Gasteiger partial charge in [-0.2, -0.15) is 0 Å². The Morgan fingerprint density at radius 3 is 2.41 bits per heavy atom. The topological polar surface area (TPSA) is 78.5 Å². The fraction of sp³-hybridized carbons (Fsp3) is 0.632. The largest absolute Gasteiger partial charge is 0.349 e. The summed E-state index contributed by atoms with van der Waals surface area (Å²) < 4.78 is 39.7. The fourth-order valence-electron chi connectivity index (χ4n) is 4.08. The van der Waals surface area contributed by atoms with E-state index in [1.807, 2.05) is 0 Å². The molecule has 2 fully saturated rings. The smallest absolute Gasteiger partial charge is 0.251 e. The lowest BCUT2D eigenvalue weighted by molar-refractivity contribution is 0.0865. The molecule has 0 atom stereocenters. The van der Waals surface area contributed by atoms with Crippen LogP contribution in [0.15, 0.2) is 23.1 Å². The van der Waals surface area contributed by atoms with E-state index in [-0.39, 0.29) is 17.5 Å². The number of carbonyl (C=O) groups is 1. The number of piperidine rings is 1. The van der Waals surface area contributed by atoms with Gasteiger partial charge in [0.05, 0.1) is 0 Å². The van der Waals surface area contributed by atoms with E-state index in [4.69, 9.17) is 0 Å². The summed E-state index contributed by atoms with van der Waals surface area (Å²) in [6.07, 6.45) is 8.26. The fourth-order valence-corrected chi connectivity index (χ4v) is 4.91. The van der Waals surface area contributed by atoms with Crippen molar-refractivity contribution in [2.45, 2.75) is 61.9 Å². The van der Waals surface area contributed by atoms with Gasteiger partial charge in [0.2, 0.25) is 10.0 Å². The number of nitrogens with zero attached hydrogens (tertiary/aromatic N) is 1. The second-order valence-corrected chi connectivity index (χ2v) is 9.28. The Bertz CT molecular complexity index is 770. The van der Waals surface area contributed by atoms with Crippen LogP contribution < -0.4 is 10.0 Å². The highest BCUT2D eigenvalue weighted by Crippen LogP contribution is 2.25. The first kappa shape index (κ1) is 20.2. The van der Waals surface area contributed by atoms with Gasteiger partial charge in [-0.25, -0.2) is 17.5 Å². The molecule has 1 heterocycles. The number of rotatable bonds is 5. The Morgan fingerprint density at radius 2 is 1.78 bits per heavy atom.